The molecule has 1 aliphatic rings. The topological polar surface area (TPSA) is 50.7 Å². The fraction of sp³-hybridized carbons (Fsp3) is 0.600. The highest BCUT2D eigenvalue weighted by Gasteiger charge is 2.27. The molecule has 1 aromatic carbocycles. The zero-order valence-electron chi connectivity index (χ0n) is 11.8. The molecule has 0 spiro atoms. The van der Waals surface area contributed by atoms with Gasteiger partial charge >= 0.3 is 0 Å². The molecule has 0 aromatic heterocycles. The third-order valence-electron chi connectivity index (χ3n) is 3.50. The van der Waals surface area contributed by atoms with E-state index in [1.54, 1.807) is 7.11 Å². The average Bonchev–Trinajstić information content (AvgIpc) is 2.83. The van der Waals surface area contributed by atoms with Crippen LogP contribution in [0, 0.1) is 0 Å². The zero-order chi connectivity index (χ0) is 14.4. The van der Waals surface area contributed by atoms with Gasteiger partial charge in [0.25, 0.3) is 0 Å². The van der Waals surface area contributed by atoms with Crippen LogP contribution in [0.4, 0.5) is 0 Å². The summed E-state index contributed by atoms with van der Waals surface area (Å²) in [6.45, 7) is 2.24. The zero-order valence-corrected chi connectivity index (χ0v) is 12.5. The first-order chi connectivity index (χ1) is 9.70. The van der Waals surface area contributed by atoms with Gasteiger partial charge in [0.1, 0.15) is 11.9 Å². The second-order valence-electron chi connectivity index (χ2n) is 5.09. The molecule has 1 saturated carbocycles. The van der Waals surface area contributed by atoms with E-state index < -0.39 is 0 Å². The fourth-order valence-electron chi connectivity index (χ4n) is 2.36. The van der Waals surface area contributed by atoms with Gasteiger partial charge in [0.15, 0.2) is 0 Å². The van der Waals surface area contributed by atoms with Gasteiger partial charge in [-0.15, -0.1) is 0 Å². The third-order valence-corrected chi connectivity index (χ3v) is 3.80. The molecule has 112 valence electrons. The van der Waals surface area contributed by atoms with Crippen LogP contribution in [0.15, 0.2) is 18.2 Å². The van der Waals surface area contributed by atoms with Crippen molar-refractivity contribution < 1.29 is 14.6 Å². The molecule has 0 aliphatic heterocycles. The number of aliphatic hydroxyl groups excluding tert-OH is 1. The molecule has 1 aliphatic carbocycles. The Morgan fingerprint density at radius 2 is 2.25 bits per heavy atom. The number of methoxy groups -OCH3 is 1. The number of hydrogen-bond donors (Lipinski definition) is 2. The van der Waals surface area contributed by atoms with Crippen LogP contribution in [0.25, 0.3) is 0 Å². The second kappa shape index (κ2) is 7.84. The van der Waals surface area contributed by atoms with Crippen molar-refractivity contribution in [3.05, 3.63) is 28.8 Å². The SMILES string of the molecule is COCCNCc1ccc(OC2CCCC2O)c(Cl)c1. The molecule has 4 nitrogen and oxygen atoms in total. The molecule has 5 heteroatoms. The lowest BCUT2D eigenvalue weighted by molar-refractivity contribution is 0.0604. The molecule has 0 bridgehead atoms. The van der Waals surface area contributed by atoms with Gasteiger partial charge in [-0.1, -0.05) is 17.7 Å². The Hall–Kier alpha value is -0.810. The van der Waals surface area contributed by atoms with E-state index in [2.05, 4.69) is 5.32 Å². The maximum absolute atomic E-state index is 9.77. The van der Waals surface area contributed by atoms with Crippen molar-refractivity contribution in [3.63, 3.8) is 0 Å². The van der Waals surface area contributed by atoms with E-state index in [-0.39, 0.29) is 12.2 Å². The maximum atomic E-state index is 9.77. The number of rotatable bonds is 7. The third kappa shape index (κ3) is 4.35. The number of halogens is 1. The first kappa shape index (κ1) is 15.6. The van der Waals surface area contributed by atoms with E-state index in [0.29, 0.717) is 17.4 Å². The van der Waals surface area contributed by atoms with Crippen molar-refractivity contribution in [2.24, 2.45) is 0 Å². The fourth-order valence-corrected chi connectivity index (χ4v) is 2.61. The van der Waals surface area contributed by atoms with Gasteiger partial charge in [0, 0.05) is 20.2 Å². The Balaban J connectivity index is 1.88. The van der Waals surface area contributed by atoms with Crippen molar-refractivity contribution in [1.29, 1.82) is 0 Å². The Morgan fingerprint density at radius 3 is 2.90 bits per heavy atom. The number of hydrogen-bond acceptors (Lipinski definition) is 4. The predicted octanol–water partition coefficient (Wildman–Crippen LogP) is 2.37. The van der Waals surface area contributed by atoms with E-state index in [1.165, 1.54) is 0 Å². The summed E-state index contributed by atoms with van der Waals surface area (Å²) in [5, 5.41) is 13.6. The summed E-state index contributed by atoms with van der Waals surface area (Å²) < 4.78 is 10.8. The standard InChI is InChI=1S/C15H22ClNO3/c1-19-8-7-17-10-11-5-6-14(12(16)9-11)20-15-4-2-3-13(15)18/h5-6,9,13,15,17-18H,2-4,7-8,10H2,1H3. The van der Waals surface area contributed by atoms with Crippen LogP contribution in [-0.2, 0) is 11.3 Å². The Morgan fingerprint density at radius 1 is 1.40 bits per heavy atom. The van der Waals surface area contributed by atoms with Crippen LogP contribution >= 0.6 is 11.6 Å². The Bertz CT molecular complexity index is 428. The van der Waals surface area contributed by atoms with Crippen molar-refractivity contribution in [3.8, 4) is 5.75 Å². The molecular weight excluding hydrogens is 278 g/mol. The van der Waals surface area contributed by atoms with Crippen LogP contribution in [-0.4, -0.2) is 37.6 Å². The van der Waals surface area contributed by atoms with E-state index in [9.17, 15) is 5.11 Å². The lowest BCUT2D eigenvalue weighted by Crippen LogP contribution is -2.25. The van der Waals surface area contributed by atoms with Gasteiger partial charge in [-0.25, -0.2) is 0 Å². The van der Waals surface area contributed by atoms with Crippen molar-refractivity contribution in [2.75, 3.05) is 20.3 Å². The molecule has 2 unspecified atom stereocenters. The van der Waals surface area contributed by atoms with Crippen molar-refractivity contribution in [1.82, 2.24) is 5.32 Å². The van der Waals surface area contributed by atoms with Crippen LogP contribution < -0.4 is 10.1 Å². The molecule has 0 saturated heterocycles. The highest BCUT2D eigenvalue weighted by molar-refractivity contribution is 6.32. The minimum atomic E-state index is -0.374. The molecule has 0 amide bonds. The van der Waals surface area contributed by atoms with E-state index in [4.69, 9.17) is 21.1 Å². The Labute approximate surface area is 125 Å². The molecule has 20 heavy (non-hydrogen) atoms. The van der Waals surface area contributed by atoms with Crippen LogP contribution in [0.3, 0.4) is 0 Å². The molecule has 1 fully saturated rings. The number of ether oxygens (including phenoxy) is 2. The van der Waals surface area contributed by atoms with E-state index >= 15 is 0 Å². The van der Waals surface area contributed by atoms with Crippen molar-refractivity contribution in [2.45, 2.75) is 38.0 Å². The first-order valence-corrected chi connectivity index (χ1v) is 7.41. The molecular formula is C15H22ClNO3. The van der Waals surface area contributed by atoms with Crippen molar-refractivity contribution >= 4 is 11.6 Å². The molecule has 0 radical (unpaired) electrons. The summed E-state index contributed by atoms with van der Waals surface area (Å²) in [6, 6.07) is 5.76. The molecule has 2 N–H and O–H groups in total. The monoisotopic (exact) mass is 299 g/mol. The number of benzene rings is 1. The Kier molecular flexibility index (Phi) is 6.10. The van der Waals surface area contributed by atoms with Gasteiger partial charge < -0.3 is 19.9 Å². The highest BCUT2D eigenvalue weighted by atomic mass is 35.5. The van der Waals surface area contributed by atoms with Gasteiger partial charge in [0.2, 0.25) is 0 Å². The quantitative estimate of drug-likeness (QED) is 0.759. The highest BCUT2D eigenvalue weighted by Crippen LogP contribution is 2.30. The summed E-state index contributed by atoms with van der Waals surface area (Å²) in [4.78, 5) is 0. The largest absolute Gasteiger partial charge is 0.486 e. The summed E-state index contributed by atoms with van der Waals surface area (Å²) in [7, 11) is 1.68. The minimum Gasteiger partial charge on any atom is -0.486 e. The van der Waals surface area contributed by atoms with Crippen LogP contribution in [0.1, 0.15) is 24.8 Å². The molecule has 1 aromatic rings. The van der Waals surface area contributed by atoms with Gasteiger partial charge in [0.05, 0.1) is 17.7 Å². The smallest absolute Gasteiger partial charge is 0.138 e. The summed E-state index contributed by atoms with van der Waals surface area (Å²) in [6.07, 6.45) is 2.20. The summed E-state index contributed by atoms with van der Waals surface area (Å²) >= 11 is 6.24. The van der Waals surface area contributed by atoms with E-state index in [1.807, 2.05) is 18.2 Å². The maximum Gasteiger partial charge on any atom is 0.138 e. The predicted molar refractivity (Wildman–Crippen MR) is 79.3 cm³/mol. The number of nitrogens with one attached hydrogen (secondary N) is 1. The first-order valence-electron chi connectivity index (χ1n) is 7.03. The molecule has 2 rings (SSSR count). The molecule has 2 atom stereocenters. The normalized spacial score (nSPS) is 22.1. The van der Waals surface area contributed by atoms with Crippen LogP contribution in [0.2, 0.25) is 5.02 Å². The van der Waals surface area contributed by atoms with E-state index in [0.717, 1.165) is 37.9 Å². The van der Waals surface area contributed by atoms with Gasteiger partial charge in [-0.2, -0.15) is 0 Å². The molecule has 0 heterocycles. The van der Waals surface area contributed by atoms with Gasteiger partial charge in [-0.05, 0) is 37.0 Å². The average molecular weight is 300 g/mol. The van der Waals surface area contributed by atoms with Crippen LogP contribution in [0.5, 0.6) is 5.75 Å². The summed E-state index contributed by atoms with van der Waals surface area (Å²) in [5.74, 6) is 0.651. The van der Waals surface area contributed by atoms with Gasteiger partial charge in [-0.3, -0.25) is 0 Å². The lowest BCUT2D eigenvalue weighted by Gasteiger charge is -2.18. The lowest BCUT2D eigenvalue weighted by atomic mass is 10.2. The minimum absolute atomic E-state index is 0.127. The summed E-state index contributed by atoms with van der Waals surface area (Å²) in [5.41, 5.74) is 1.10. The second-order valence-corrected chi connectivity index (χ2v) is 5.50. The number of aliphatic hydroxyl groups is 1.